The first-order valence-corrected chi connectivity index (χ1v) is 22.9. The molecule has 1 rings (SSSR count). The first kappa shape index (κ1) is 52.1. The summed E-state index contributed by atoms with van der Waals surface area (Å²) < 4.78 is 26.3. The van der Waals surface area contributed by atoms with Crippen molar-refractivity contribution in [3.05, 3.63) is 72.9 Å². The van der Waals surface area contributed by atoms with Crippen molar-refractivity contribution in [3.8, 4) is 0 Å². The van der Waals surface area contributed by atoms with Gasteiger partial charge in [0.15, 0.2) is 6.10 Å². The van der Waals surface area contributed by atoms with Gasteiger partial charge in [0, 0.05) is 31.1 Å². The largest absolute Gasteiger partial charge is 0.469 e. The lowest BCUT2D eigenvalue weighted by molar-refractivity contribution is -0.161. The van der Waals surface area contributed by atoms with Crippen LogP contribution in [-0.2, 0) is 32.9 Å². The Balaban J connectivity index is 2.31. The molecule has 0 unspecified atom stereocenters. The van der Waals surface area contributed by atoms with Crippen LogP contribution in [0, 0.1) is 11.8 Å². The number of hydrogen-bond acceptors (Lipinski definition) is 9. The fourth-order valence-corrected chi connectivity index (χ4v) is 6.64. The molecule has 0 saturated heterocycles. The smallest absolute Gasteiger partial charge is 0.462 e. The third kappa shape index (κ3) is 29.9. The number of hydrogen-bond donors (Lipinski definition) is 4. The quantitative estimate of drug-likeness (QED) is 0.0210. The van der Waals surface area contributed by atoms with E-state index >= 15 is 0 Å². The van der Waals surface area contributed by atoms with Gasteiger partial charge in [-0.1, -0.05) is 125 Å². The number of unbranched alkanes of at least 4 members (excludes halogenated alkanes) is 9. The molecular weight excluding hydrogens is 747 g/mol. The van der Waals surface area contributed by atoms with Gasteiger partial charge in [-0.25, -0.2) is 4.57 Å². The Morgan fingerprint density at radius 3 is 1.93 bits per heavy atom. The zero-order valence-corrected chi connectivity index (χ0v) is 35.6. The van der Waals surface area contributed by atoms with E-state index in [1.54, 1.807) is 12.2 Å². The first-order chi connectivity index (χ1) is 27.5. The number of ketones is 1. The molecule has 12 heteroatoms. The van der Waals surface area contributed by atoms with Crippen LogP contribution in [0.5, 0.6) is 0 Å². The van der Waals surface area contributed by atoms with E-state index in [0.717, 1.165) is 57.8 Å². The van der Waals surface area contributed by atoms with Crippen molar-refractivity contribution in [2.75, 3.05) is 13.2 Å². The van der Waals surface area contributed by atoms with E-state index in [1.165, 1.54) is 25.7 Å². The first-order valence-electron chi connectivity index (χ1n) is 21.3. The zero-order valence-electron chi connectivity index (χ0n) is 34.7. The normalized spacial score (nSPS) is 19.1. The Morgan fingerprint density at radius 1 is 0.737 bits per heavy atom. The lowest BCUT2D eigenvalue weighted by atomic mass is 9.90. The average molecular weight is 821 g/mol. The number of esters is 2. The zero-order chi connectivity index (χ0) is 42.0. The summed E-state index contributed by atoms with van der Waals surface area (Å²) in [5.41, 5.74) is 0. The van der Waals surface area contributed by atoms with Gasteiger partial charge in [-0.15, -0.1) is 0 Å². The molecular formula is C45H73O11P. The van der Waals surface area contributed by atoms with Gasteiger partial charge >= 0.3 is 19.8 Å². The van der Waals surface area contributed by atoms with Crippen LogP contribution in [0.15, 0.2) is 72.9 Å². The third-order valence-electron chi connectivity index (χ3n) is 9.57. The lowest BCUT2D eigenvalue weighted by Gasteiger charge is -2.18. The number of Topliss-reactive ketones (excluding diaryl/α,β-unsaturated/α-hetero) is 1. The van der Waals surface area contributed by atoms with Gasteiger partial charge in [0.2, 0.25) is 0 Å². The van der Waals surface area contributed by atoms with Crippen molar-refractivity contribution in [1.29, 1.82) is 0 Å². The van der Waals surface area contributed by atoms with E-state index in [9.17, 15) is 29.2 Å². The Kier molecular flexibility index (Phi) is 31.1. The van der Waals surface area contributed by atoms with Crippen molar-refractivity contribution in [1.82, 2.24) is 0 Å². The predicted molar refractivity (Wildman–Crippen MR) is 226 cm³/mol. The fraction of sp³-hybridized carbons (Fsp3) is 0.667. The van der Waals surface area contributed by atoms with Gasteiger partial charge in [-0.2, -0.15) is 0 Å². The summed E-state index contributed by atoms with van der Waals surface area (Å²) in [6, 6.07) is 0. The summed E-state index contributed by atoms with van der Waals surface area (Å²) in [5, 5.41) is 20.6. The van der Waals surface area contributed by atoms with E-state index in [2.05, 4.69) is 67.0 Å². The molecule has 1 aliphatic rings. The fourth-order valence-electron chi connectivity index (χ4n) is 6.28. The molecule has 0 aromatic heterocycles. The van der Waals surface area contributed by atoms with Crippen molar-refractivity contribution in [2.24, 2.45) is 11.8 Å². The molecule has 1 aliphatic carbocycles. The van der Waals surface area contributed by atoms with Crippen LogP contribution in [-0.4, -0.2) is 69.2 Å². The molecule has 57 heavy (non-hydrogen) atoms. The summed E-state index contributed by atoms with van der Waals surface area (Å²) in [7, 11) is -4.84. The summed E-state index contributed by atoms with van der Waals surface area (Å²) in [6.07, 6.45) is 38.4. The number of aliphatic hydroxyl groups is 2. The minimum Gasteiger partial charge on any atom is -0.462 e. The second-order valence-electron chi connectivity index (χ2n) is 14.7. The highest BCUT2D eigenvalue weighted by Crippen LogP contribution is 2.36. The standard InChI is InChI=1S/C45H73O11P/c1-3-5-7-8-9-10-11-12-13-14-15-16-17-18-19-20-21-22-27-31-44(49)54-36-39(37-55-57(51,52)53)56-45(50)32-28-24-23-26-30-40-41(43(48)35-42(40)47)34-33-38(46)29-25-6-4-2/h9-10,12-13,15-16,18-19,23,26,33-34,38-42,46-47H,3-8,11,14,17,20-22,24-25,27-32,35-37H2,1-2H3,(H2,51,52,53)/b10-9-,13-12-,16-15-,19-18-,26-23-,34-33+/t38-,39+,40+,41+,42-/m0/s1. The molecule has 0 aromatic rings. The van der Waals surface area contributed by atoms with E-state index in [0.29, 0.717) is 32.1 Å². The molecule has 0 radical (unpaired) electrons. The maximum absolute atomic E-state index is 12.5. The topological polar surface area (TPSA) is 177 Å². The molecule has 0 bridgehead atoms. The molecule has 0 heterocycles. The minimum absolute atomic E-state index is 0.00988. The Morgan fingerprint density at radius 2 is 1.30 bits per heavy atom. The number of carbonyl (C=O) groups excluding carboxylic acids is 3. The number of carbonyl (C=O) groups is 3. The second-order valence-corrected chi connectivity index (χ2v) is 16.0. The molecule has 0 aromatic carbocycles. The number of rotatable bonds is 34. The Labute approximate surface area is 342 Å². The molecule has 4 N–H and O–H groups in total. The van der Waals surface area contributed by atoms with Gasteiger partial charge in [-0.3, -0.25) is 18.9 Å². The van der Waals surface area contributed by atoms with Crippen LogP contribution in [0.2, 0.25) is 0 Å². The summed E-state index contributed by atoms with van der Waals surface area (Å²) in [4.78, 5) is 55.5. The monoisotopic (exact) mass is 820 g/mol. The lowest BCUT2D eigenvalue weighted by Crippen LogP contribution is -2.29. The molecule has 0 spiro atoms. The van der Waals surface area contributed by atoms with Crippen LogP contribution in [0.25, 0.3) is 0 Å². The summed E-state index contributed by atoms with van der Waals surface area (Å²) in [5.74, 6) is -1.91. The summed E-state index contributed by atoms with van der Waals surface area (Å²) in [6.45, 7) is 3.29. The van der Waals surface area contributed by atoms with E-state index in [1.807, 2.05) is 12.2 Å². The van der Waals surface area contributed by atoms with Gasteiger partial charge in [-0.05, 0) is 77.0 Å². The molecule has 0 aliphatic heterocycles. The van der Waals surface area contributed by atoms with Crippen LogP contribution in [0.1, 0.15) is 149 Å². The number of allylic oxidation sites excluding steroid dienone is 11. The van der Waals surface area contributed by atoms with Crippen LogP contribution in [0.3, 0.4) is 0 Å². The molecule has 1 fully saturated rings. The maximum Gasteiger partial charge on any atom is 0.469 e. The van der Waals surface area contributed by atoms with Gasteiger partial charge < -0.3 is 29.5 Å². The van der Waals surface area contributed by atoms with Crippen molar-refractivity contribution >= 4 is 25.5 Å². The number of phosphoric acid groups is 1. The second kappa shape index (κ2) is 34.0. The summed E-state index contributed by atoms with van der Waals surface area (Å²) >= 11 is 0. The molecule has 5 atom stereocenters. The van der Waals surface area contributed by atoms with E-state index < -0.39 is 50.6 Å². The minimum atomic E-state index is -4.84. The van der Waals surface area contributed by atoms with Crippen LogP contribution < -0.4 is 0 Å². The SMILES string of the molecule is CCCCC/C=C\C/C=C\C/C=C\C/C=C\CCCCCC(=O)OC[C@H](COP(=O)(O)O)OC(=O)CCC/C=C\C[C@H]1[C@@H](O)CC(=O)[C@@H]1/C=C/[C@@H](O)CCCCC. The highest BCUT2D eigenvalue weighted by Gasteiger charge is 2.39. The third-order valence-corrected chi connectivity index (χ3v) is 10.1. The Hall–Kier alpha value is -2.92. The molecule has 1 saturated carbocycles. The Bertz CT molecular complexity index is 1310. The predicted octanol–water partition coefficient (Wildman–Crippen LogP) is 9.66. The number of ether oxygens (including phenoxy) is 2. The van der Waals surface area contributed by atoms with Crippen molar-refractivity contribution < 1.29 is 52.9 Å². The van der Waals surface area contributed by atoms with Crippen molar-refractivity contribution in [2.45, 2.75) is 167 Å². The highest BCUT2D eigenvalue weighted by molar-refractivity contribution is 7.46. The number of phosphoric ester groups is 1. The van der Waals surface area contributed by atoms with Crippen LogP contribution in [0.4, 0.5) is 0 Å². The van der Waals surface area contributed by atoms with Crippen molar-refractivity contribution in [3.63, 3.8) is 0 Å². The van der Waals surface area contributed by atoms with Gasteiger partial charge in [0.25, 0.3) is 0 Å². The molecule has 324 valence electrons. The number of aliphatic hydroxyl groups excluding tert-OH is 2. The molecule has 0 amide bonds. The van der Waals surface area contributed by atoms with Gasteiger partial charge in [0.05, 0.1) is 18.8 Å². The highest BCUT2D eigenvalue weighted by atomic mass is 31.2. The van der Waals surface area contributed by atoms with Crippen LogP contribution >= 0.6 is 7.82 Å². The molecule has 11 nitrogen and oxygen atoms in total. The van der Waals surface area contributed by atoms with Gasteiger partial charge in [0.1, 0.15) is 12.4 Å². The maximum atomic E-state index is 12.5. The van der Waals surface area contributed by atoms with E-state index in [-0.39, 0.29) is 37.6 Å². The average Bonchev–Trinajstić information content (AvgIpc) is 3.44. The van der Waals surface area contributed by atoms with E-state index in [4.69, 9.17) is 19.3 Å².